The van der Waals surface area contributed by atoms with Crippen molar-refractivity contribution in [2.24, 2.45) is 0 Å². The van der Waals surface area contributed by atoms with Crippen molar-refractivity contribution in [2.45, 2.75) is 12.1 Å². The molecule has 0 spiro atoms. The second-order valence-corrected chi connectivity index (χ2v) is 7.72. The van der Waals surface area contributed by atoms with Crippen molar-refractivity contribution in [2.75, 3.05) is 11.1 Å². The molecule has 1 N–H and O–H groups in total. The molecule has 0 unspecified atom stereocenters. The first kappa shape index (κ1) is 20.7. The molecule has 1 aromatic heterocycles. The van der Waals surface area contributed by atoms with Crippen LogP contribution in [0.1, 0.15) is 5.56 Å². The van der Waals surface area contributed by atoms with E-state index in [1.807, 2.05) is 37.3 Å². The summed E-state index contributed by atoms with van der Waals surface area (Å²) in [6, 6.07) is 20.1. The van der Waals surface area contributed by atoms with Crippen LogP contribution in [0.2, 0.25) is 0 Å². The monoisotopic (exact) mass is 436 g/mol. The van der Waals surface area contributed by atoms with Crippen LogP contribution in [0.4, 0.5) is 14.5 Å². The molecular formula is C23H18F2N4OS. The zero-order valence-corrected chi connectivity index (χ0v) is 17.4. The number of carbonyl (C=O) groups excluding carboxylic acids is 1. The Morgan fingerprint density at radius 2 is 1.71 bits per heavy atom. The van der Waals surface area contributed by atoms with Gasteiger partial charge in [-0.1, -0.05) is 48.2 Å². The highest BCUT2D eigenvalue weighted by Crippen LogP contribution is 2.29. The van der Waals surface area contributed by atoms with Crippen LogP contribution in [0.25, 0.3) is 17.1 Å². The van der Waals surface area contributed by atoms with E-state index in [9.17, 15) is 13.6 Å². The Morgan fingerprint density at radius 1 is 0.968 bits per heavy atom. The highest BCUT2D eigenvalue weighted by molar-refractivity contribution is 7.99. The predicted octanol–water partition coefficient (Wildman–Crippen LogP) is 5.25. The average Bonchev–Trinajstić information content (AvgIpc) is 3.19. The number of carbonyl (C=O) groups is 1. The fourth-order valence-electron chi connectivity index (χ4n) is 3.04. The van der Waals surface area contributed by atoms with Crippen LogP contribution in [0.15, 0.2) is 78.0 Å². The summed E-state index contributed by atoms with van der Waals surface area (Å²) in [5, 5.41) is 11.3. The molecule has 0 radical (unpaired) electrons. The van der Waals surface area contributed by atoms with Gasteiger partial charge in [0.05, 0.1) is 17.0 Å². The number of thioether (sulfide) groups is 1. The molecule has 8 heteroatoms. The first-order valence-electron chi connectivity index (χ1n) is 9.47. The maximum atomic E-state index is 14.4. The average molecular weight is 436 g/mol. The number of hydrogen-bond acceptors (Lipinski definition) is 4. The third-order valence-electron chi connectivity index (χ3n) is 4.49. The highest BCUT2D eigenvalue weighted by Gasteiger charge is 2.19. The van der Waals surface area contributed by atoms with Crippen molar-refractivity contribution in [3.63, 3.8) is 0 Å². The van der Waals surface area contributed by atoms with Crippen LogP contribution >= 0.6 is 11.8 Å². The largest absolute Gasteiger partial charge is 0.323 e. The van der Waals surface area contributed by atoms with E-state index in [1.54, 1.807) is 34.9 Å². The van der Waals surface area contributed by atoms with Crippen LogP contribution in [0, 0.1) is 18.6 Å². The number of halogens is 2. The Kier molecular flexibility index (Phi) is 6.08. The molecule has 0 aliphatic heterocycles. The Morgan fingerprint density at radius 3 is 2.48 bits per heavy atom. The lowest BCUT2D eigenvalue weighted by Gasteiger charge is -2.11. The Labute approximate surface area is 182 Å². The number of amides is 1. The lowest BCUT2D eigenvalue weighted by molar-refractivity contribution is -0.113. The molecule has 5 nitrogen and oxygen atoms in total. The first-order chi connectivity index (χ1) is 15.0. The predicted molar refractivity (Wildman–Crippen MR) is 117 cm³/mol. The smallest absolute Gasteiger partial charge is 0.234 e. The lowest BCUT2D eigenvalue weighted by atomic mass is 10.2. The summed E-state index contributed by atoms with van der Waals surface area (Å²) in [5.41, 5.74) is 2.00. The number of benzene rings is 3. The van der Waals surface area contributed by atoms with Gasteiger partial charge in [-0.2, -0.15) is 0 Å². The summed E-state index contributed by atoms with van der Waals surface area (Å²) in [5.74, 6) is -0.994. The van der Waals surface area contributed by atoms with E-state index in [0.717, 1.165) is 23.0 Å². The third kappa shape index (κ3) is 4.64. The molecule has 1 heterocycles. The van der Waals surface area contributed by atoms with E-state index in [0.29, 0.717) is 16.5 Å². The summed E-state index contributed by atoms with van der Waals surface area (Å²) < 4.78 is 30.0. The number of hydrogen-bond donors (Lipinski definition) is 1. The number of nitrogens with one attached hydrogen (secondary N) is 1. The van der Waals surface area contributed by atoms with E-state index in [2.05, 4.69) is 15.5 Å². The summed E-state index contributed by atoms with van der Waals surface area (Å²) >= 11 is 1.13. The normalized spacial score (nSPS) is 10.8. The Balaban J connectivity index is 1.61. The molecule has 0 saturated carbocycles. The van der Waals surface area contributed by atoms with Crippen molar-refractivity contribution >= 4 is 23.4 Å². The van der Waals surface area contributed by atoms with E-state index in [-0.39, 0.29) is 17.3 Å². The molecule has 0 fully saturated rings. The molecule has 0 aliphatic rings. The Hall–Kier alpha value is -3.52. The van der Waals surface area contributed by atoms with Crippen molar-refractivity contribution in [1.82, 2.24) is 14.8 Å². The van der Waals surface area contributed by atoms with Gasteiger partial charge in [0.25, 0.3) is 0 Å². The van der Waals surface area contributed by atoms with E-state index < -0.39 is 11.6 Å². The van der Waals surface area contributed by atoms with Gasteiger partial charge < -0.3 is 5.32 Å². The van der Waals surface area contributed by atoms with Crippen molar-refractivity contribution in [1.29, 1.82) is 0 Å². The van der Waals surface area contributed by atoms with Gasteiger partial charge >= 0.3 is 0 Å². The van der Waals surface area contributed by atoms with Gasteiger partial charge in [-0.05, 0) is 48.9 Å². The summed E-state index contributed by atoms with van der Waals surface area (Å²) in [7, 11) is 0. The van der Waals surface area contributed by atoms with Crippen molar-refractivity contribution in [3.05, 3.63) is 90.0 Å². The lowest BCUT2D eigenvalue weighted by Crippen LogP contribution is -2.15. The van der Waals surface area contributed by atoms with Gasteiger partial charge in [-0.3, -0.25) is 9.36 Å². The molecule has 4 rings (SSSR count). The van der Waals surface area contributed by atoms with E-state index >= 15 is 0 Å². The number of rotatable bonds is 6. The molecule has 0 atom stereocenters. The summed E-state index contributed by atoms with van der Waals surface area (Å²) in [6.07, 6.45) is 0. The molecule has 0 saturated heterocycles. The Bertz CT molecular complexity index is 1230. The van der Waals surface area contributed by atoms with E-state index in [4.69, 9.17) is 0 Å². The van der Waals surface area contributed by atoms with Crippen LogP contribution in [0.3, 0.4) is 0 Å². The van der Waals surface area contributed by atoms with Gasteiger partial charge in [0.15, 0.2) is 11.0 Å². The zero-order chi connectivity index (χ0) is 21.8. The second kappa shape index (κ2) is 9.09. The maximum Gasteiger partial charge on any atom is 0.234 e. The highest BCUT2D eigenvalue weighted by atomic mass is 32.2. The van der Waals surface area contributed by atoms with Crippen LogP contribution < -0.4 is 5.32 Å². The van der Waals surface area contributed by atoms with Crippen LogP contribution in [-0.4, -0.2) is 26.4 Å². The molecule has 31 heavy (non-hydrogen) atoms. The number of aryl methyl sites for hydroxylation is 1. The minimum Gasteiger partial charge on any atom is -0.323 e. The second-order valence-electron chi connectivity index (χ2n) is 6.78. The minimum absolute atomic E-state index is 0.0182. The van der Waals surface area contributed by atoms with Crippen molar-refractivity contribution in [3.8, 4) is 17.1 Å². The molecular weight excluding hydrogens is 418 g/mol. The SMILES string of the molecule is Cc1ccc(F)c(NC(=O)CSc2nnc(-c3ccccc3F)n2-c2ccccc2)c1. The van der Waals surface area contributed by atoms with Gasteiger partial charge in [-0.25, -0.2) is 8.78 Å². The van der Waals surface area contributed by atoms with E-state index in [1.165, 1.54) is 12.1 Å². The fourth-order valence-corrected chi connectivity index (χ4v) is 3.79. The molecule has 4 aromatic rings. The minimum atomic E-state index is -0.502. The van der Waals surface area contributed by atoms with Gasteiger partial charge in [0.1, 0.15) is 11.6 Å². The van der Waals surface area contributed by atoms with Crippen molar-refractivity contribution < 1.29 is 13.6 Å². The summed E-state index contributed by atoms with van der Waals surface area (Å²) in [4.78, 5) is 12.4. The van der Waals surface area contributed by atoms with Crippen LogP contribution in [-0.2, 0) is 4.79 Å². The standard InChI is InChI=1S/C23H18F2N4OS/c1-15-11-12-19(25)20(13-15)26-21(30)14-31-23-28-27-22(17-9-5-6-10-18(17)24)29(23)16-7-3-2-4-8-16/h2-13H,14H2,1H3,(H,26,30). The number of anilines is 1. The third-order valence-corrected chi connectivity index (χ3v) is 5.42. The fraction of sp³-hybridized carbons (Fsp3) is 0.0870. The molecule has 0 aliphatic carbocycles. The molecule has 1 amide bonds. The van der Waals surface area contributed by atoms with Crippen LogP contribution in [0.5, 0.6) is 0 Å². The maximum absolute atomic E-state index is 14.4. The quantitative estimate of drug-likeness (QED) is 0.419. The zero-order valence-electron chi connectivity index (χ0n) is 16.5. The summed E-state index contributed by atoms with van der Waals surface area (Å²) in [6.45, 7) is 1.82. The number of nitrogens with zero attached hydrogens (tertiary/aromatic N) is 3. The van der Waals surface area contributed by atoms with Gasteiger partial charge in [0, 0.05) is 5.69 Å². The van der Waals surface area contributed by atoms with Gasteiger partial charge in [-0.15, -0.1) is 10.2 Å². The topological polar surface area (TPSA) is 59.8 Å². The molecule has 3 aromatic carbocycles. The van der Waals surface area contributed by atoms with Gasteiger partial charge in [0.2, 0.25) is 5.91 Å². The molecule has 156 valence electrons. The number of para-hydroxylation sites is 1. The first-order valence-corrected chi connectivity index (χ1v) is 10.5. The molecule has 0 bridgehead atoms. The number of aromatic nitrogens is 3.